The van der Waals surface area contributed by atoms with Crippen molar-refractivity contribution in [2.45, 2.75) is 51.2 Å². The lowest BCUT2D eigenvalue weighted by Crippen LogP contribution is -2.50. The van der Waals surface area contributed by atoms with E-state index in [1.165, 1.54) is 30.3 Å². The average Bonchev–Trinajstić information content (AvgIpc) is 3.23. The molecule has 0 radical (unpaired) electrons. The molecule has 1 amide bonds. The van der Waals surface area contributed by atoms with Gasteiger partial charge < -0.3 is 4.90 Å². The molecule has 2 fully saturated rings. The zero-order valence-electron chi connectivity index (χ0n) is 14.5. The molecule has 1 aromatic rings. The maximum Gasteiger partial charge on any atom is 0.331 e. The summed E-state index contributed by atoms with van der Waals surface area (Å²) >= 11 is 0. The minimum atomic E-state index is -0.442. The summed E-state index contributed by atoms with van der Waals surface area (Å²) in [7, 11) is 1.43. The normalized spacial score (nSPS) is 24.7. The van der Waals surface area contributed by atoms with E-state index in [1.54, 1.807) is 0 Å². The first-order valence-electron chi connectivity index (χ1n) is 8.83. The number of likely N-dealkylation sites (tertiary alicyclic amines) is 2. The first-order valence-corrected chi connectivity index (χ1v) is 8.83. The number of rotatable bonds is 4. The molecule has 2 atom stereocenters. The highest BCUT2D eigenvalue weighted by molar-refractivity contribution is 5.76. The summed E-state index contributed by atoms with van der Waals surface area (Å²) in [5.41, 5.74) is -0.796. The summed E-state index contributed by atoms with van der Waals surface area (Å²) < 4.78 is 2.36. The van der Waals surface area contributed by atoms with E-state index in [1.807, 2.05) is 4.90 Å². The van der Waals surface area contributed by atoms with Crippen molar-refractivity contribution in [1.29, 1.82) is 0 Å². The maximum atomic E-state index is 12.8. The third kappa shape index (κ3) is 3.05. The highest BCUT2D eigenvalue weighted by Crippen LogP contribution is 2.29. The van der Waals surface area contributed by atoms with Gasteiger partial charge in [-0.2, -0.15) is 0 Å². The van der Waals surface area contributed by atoms with Gasteiger partial charge in [0.2, 0.25) is 5.91 Å². The molecule has 0 saturated carbocycles. The van der Waals surface area contributed by atoms with Crippen molar-refractivity contribution in [3.05, 3.63) is 33.1 Å². The molecule has 0 aromatic carbocycles. The van der Waals surface area contributed by atoms with Gasteiger partial charge in [0.1, 0.15) is 6.54 Å². The van der Waals surface area contributed by atoms with Crippen LogP contribution < -0.4 is 11.2 Å². The van der Waals surface area contributed by atoms with Crippen LogP contribution in [0.4, 0.5) is 0 Å². The largest absolute Gasteiger partial charge is 0.337 e. The van der Waals surface area contributed by atoms with E-state index in [4.69, 9.17) is 0 Å². The van der Waals surface area contributed by atoms with Gasteiger partial charge >= 0.3 is 5.69 Å². The number of hydrogen-bond donors (Lipinski definition) is 0. The van der Waals surface area contributed by atoms with Crippen molar-refractivity contribution in [3.8, 4) is 0 Å². The zero-order chi connectivity index (χ0) is 17.3. The average molecular weight is 334 g/mol. The highest BCUT2D eigenvalue weighted by atomic mass is 16.2. The van der Waals surface area contributed by atoms with Crippen LogP contribution in [-0.4, -0.2) is 56.6 Å². The van der Waals surface area contributed by atoms with Gasteiger partial charge in [-0.15, -0.1) is 0 Å². The predicted octanol–water partition coefficient (Wildman–Crippen LogP) is 0.0223. The Morgan fingerprint density at radius 3 is 2.62 bits per heavy atom. The number of carbonyl (C=O) groups excluding carboxylic acids is 1. The fourth-order valence-electron chi connectivity index (χ4n) is 4.16. The van der Waals surface area contributed by atoms with Crippen LogP contribution >= 0.6 is 0 Å². The summed E-state index contributed by atoms with van der Waals surface area (Å²) in [6.07, 6.45) is 5.81. The molecule has 2 aliphatic rings. The van der Waals surface area contributed by atoms with Crippen LogP contribution in [0.2, 0.25) is 0 Å². The van der Waals surface area contributed by atoms with Gasteiger partial charge in [0, 0.05) is 37.9 Å². The van der Waals surface area contributed by atoms with Crippen LogP contribution in [-0.2, 0) is 18.4 Å². The van der Waals surface area contributed by atoms with Crippen LogP contribution in [0.5, 0.6) is 0 Å². The molecule has 7 heteroatoms. The SMILES string of the molecule is CCN1CCC[C@@H]1[C@@H]1CCCN1C(=O)Cn1ccc(=O)n(C)c1=O. The van der Waals surface area contributed by atoms with Crippen molar-refractivity contribution >= 4 is 5.91 Å². The second kappa shape index (κ2) is 6.93. The summed E-state index contributed by atoms with van der Waals surface area (Å²) in [6.45, 7) is 5.06. The van der Waals surface area contributed by atoms with Gasteiger partial charge in [-0.3, -0.25) is 23.6 Å². The number of carbonyl (C=O) groups is 1. The molecule has 2 saturated heterocycles. The molecule has 3 heterocycles. The van der Waals surface area contributed by atoms with Gasteiger partial charge in [0.05, 0.1) is 0 Å². The Balaban J connectivity index is 1.76. The van der Waals surface area contributed by atoms with E-state index >= 15 is 0 Å². The lowest BCUT2D eigenvalue weighted by Gasteiger charge is -2.34. The molecule has 0 unspecified atom stereocenters. The Morgan fingerprint density at radius 2 is 1.88 bits per heavy atom. The minimum absolute atomic E-state index is 0.00228. The third-order valence-electron chi connectivity index (χ3n) is 5.45. The van der Waals surface area contributed by atoms with Crippen molar-refractivity contribution < 1.29 is 4.79 Å². The lowest BCUT2D eigenvalue weighted by atomic mass is 10.0. The minimum Gasteiger partial charge on any atom is -0.337 e. The summed E-state index contributed by atoms with van der Waals surface area (Å²) in [5, 5.41) is 0. The van der Waals surface area contributed by atoms with Gasteiger partial charge in [-0.1, -0.05) is 6.92 Å². The van der Waals surface area contributed by atoms with Gasteiger partial charge in [0.25, 0.3) is 5.56 Å². The number of likely N-dealkylation sites (N-methyl/N-ethyl adjacent to an activating group) is 1. The molecule has 7 nitrogen and oxygen atoms in total. The first kappa shape index (κ1) is 17.0. The van der Waals surface area contributed by atoms with Crippen molar-refractivity contribution in [1.82, 2.24) is 18.9 Å². The van der Waals surface area contributed by atoms with Crippen LogP contribution in [0.25, 0.3) is 0 Å². The standard InChI is InChI=1S/C17H26N4O3/c1-3-19-9-4-6-13(19)14-7-5-10-21(14)16(23)12-20-11-8-15(22)18(2)17(20)24/h8,11,13-14H,3-7,9-10,12H2,1-2H3/t13-,14+/m1/s1. The molecular weight excluding hydrogens is 308 g/mol. The Hall–Kier alpha value is -1.89. The first-order chi connectivity index (χ1) is 11.5. The molecular formula is C17H26N4O3. The predicted molar refractivity (Wildman–Crippen MR) is 90.9 cm³/mol. The molecule has 3 rings (SSSR count). The summed E-state index contributed by atoms with van der Waals surface area (Å²) in [5.74, 6) is -0.0267. The second-order valence-electron chi connectivity index (χ2n) is 6.76. The molecule has 2 aliphatic heterocycles. The number of nitrogens with zero attached hydrogens (tertiary/aromatic N) is 4. The van der Waals surface area contributed by atoms with Crippen LogP contribution in [0.3, 0.4) is 0 Å². The number of hydrogen-bond acceptors (Lipinski definition) is 4. The van der Waals surface area contributed by atoms with Crippen LogP contribution in [0.15, 0.2) is 21.9 Å². The van der Waals surface area contributed by atoms with E-state index in [2.05, 4.69) is 11.8 Å². The van der Waals surface area contributed by atoms with Crippen molar-refractivity contribution in [2.75, 3.05) is 19.6 Å². The van der Waals surface area contributed by atoms with Crippen molar-refractivity contribution in [3.63, 3.8) is 0 Å². The highest BCUT2D eigenvalue weighted by Gasteiger charge is 2.39. The van der Waals surface area contributed by atoms with Crippen LogP contribution in [0, 0.1) is 0 Å². The molecule has 0 spiro atoms. The molecule has 24 heavy (non-hydrogen) atoms. The fraction of sp³-hybridized carbons (Fsp3) is 0.706. The van der Waals surface area contributed by atoms with E-state index in [9.17, 15) is 14.4 Å². The van der Waals surface area contributed by atoms with E-state index in [0.717, 1.165) is 43.5 Å². The van der Waals surface area contributed by atoms with Crippen LogP contribution in [0.1, 0.15) is 32.6 Å². The van der Waals surface area contributed by atoms with E-state index < -0.39 is 5.69 Å². The zero-order valence-corrected chi connectivity index (χ0v) is 14.5. The lowest BCUT2D eigenvalue weighted by molar-refractivity contribution is -0.133. The van der Waals surface area contributed by atoms with E-state index in [-0.39, 0.29) is 24.1 Å². The smallest absolute Gasteiger partial charge is 0.331 e. The van der Waals surface area contributed by atoms with Gasteiger partial charge in [-0.25, -0.2) is 4.79 Å². The topological polar surface area (TPSA) is 67.5 Å². The number of amides is 1. The third-order valence-corrected chi connectivity index (χ3v) is 5.45. The molecule has 132 valence electrons. The Kier molecular flexibility index (Phi) is 4.89. The second-order valence-corrected chi connectivity index (χ2v) is 6.76. The summed E-state index contributed by atoms with van der Waals surface area (Å²) in [6, 6.07) is 2.02. The molecule has 0 N–H and O–H groups in total. The maximum absolute atomic E-state index is 12.8. The monoisotopic (exact) mass is 334 g/mol. The van der Waals surface area contributed by atoms with E-state index in [0.29, 0.717) is 6.04 Å². The summed E-state index contributed by atoms with van der Waals surface area (Å²) in [4.78, 5) is 40.8. The molecule has 0 aliphatic carbocycles. The van der Waals surface area contributed by atoms with Crippen molar-refractivity contribution in [2.24, 2.45) is 7.05 Å². The molecule has 0 bridgehead atoms. The Bertz CT molecular complexity index is 723. The quantitative estimate of drug-likeness (QED) is 0.779. The van der Waals surface area contributed by atoms with Gasteiger partial charge in [-0.05, 0) is 38.8 Å². The van der Waals surface area contributed by atoms with Gasteiger partial charge in [0.15, 0.2) is 0 Å². The number of aromatic nitrogens is 2. The Morgan fingerprint density at radius 1 is 1.17 bits per heavy atom. The Labute approximate surface area is 141 Å². The fourth-order valence-corrected chi connectivity index (χ4v) is 4.16. The molecule has 1 aromatic heterocycles.